The van der Waals surface area contributed by atoms with Crippen molar-refractivity contribution in [2.24, 2.45) is 0 Å². The monoisotopic (exact) mass is 448 g/mol. The van der Waals surface area contributed by atoms with Gasteiger partial charge in [0, 0.05) is 0 Å². The van der Waals surface area contributed by atoms with Gasteiger partial charge in [-0.25, -0.2) is 4.98 Å². The first-order valence-electron chi connectivity index (χ1n) is 9.45. The van der Waals surface area contributed by atoms with E-state index in [9.17, 15) is 19.8 Å². The van der Waals surface area contributed by atoms with Gasteiger partial charge < -0.3 is 10.2 Å². The molecule has 0 radical (unpaired) electrons. The molecular formula is C23H16N2O4S2. The van der Waals surface area contributed by atoms with Gasteiger partial charge in [0.2, 0.25) is 5.78 Å². The average Bonchev–Trinajstić information content (AvgIpc) is 3.46. The summed E-state index contributed by atoms with van der Waals surface area (Å²) in [6, 6.07) is 14.6. The molecule has 6 nitrogen and oxygen atoms in total. The Morgan fingerprint density at radius 1 is 1.10 bits per heavy atom. The van der Waals surface area contributed by atoms with E-state index in [1.165, 1.54) is 39.7 Å². The van der Waals surface area contributed by atoms with Crippen LogP contribution < -0.4 is 4.90 Å². The van der Waals surface area contributed by atoms with E-state index in [4.69, 9.17) is 0 Å². The Labute approximate surface area is 185 Å². The van der Waals surface area contributed by atoms with Gasteiger partial charge in [0.15, 0.2) is 10.9 Å². The number of ketones is 1. The Morgan fingerprint density at radius 2 is 1.94 bits per heavy atom. The minimum Gasteiger partial charge on any atom is -0.508 e. The molecule has 0 saturated heterocycles. The van der Waals surface area contributed by atoms with E-state index < -0.39 is 23.5 Å². The molecule has 0 fully saturated rings. The molecule has 5 rings (SSSR count). The molecule has 3 heterocycles. The molecule has 1 aliphatic heterocycles. The lowest BCUT2D eigenvalue weighted by Crippen LogP contribution is -2.30. The quantitative estimate of drug-likeness (QED) is 0.421. The van der Waals surface area contributed by atoms with Crippen molar-refractivity contribution in [3.05, 3.63) is 87.3 Å². The van der Waals surface area contributed by atoms with Gasteiger partial charge in [0.1, 0.15) is 5.75 Å². The first-order chi connectivity index (χ1) is 14.9. The number of aliphatic hydroxyl groups excluding tert-OH is 1. The number of fused-ring (bicyclic) bond motifs is 1. The molecular weight excluding hydrogens is 432 g/mol. The lowest BCUT2D eigenvalue weighted by atomic mass is 9.95. The number of rotatable bonds is 4. The Hall–Kier alpha value is -3.49. The number of Topliss-reactive ketones (excluding diaryl/α,β-unsaturated/α-hetero) is 1. The van der Waals surface area contributed by atoms with Crippen LogP contribution in [-0.2, 0) is 4.79 Å². The largest absolute Gasteiger partial charge is 0.508 e. The molecule has 2 aromatic heterocycles. The summed E-state index contributed by atoms with van der Waals surface area (Å²) in [5.41, 5.74) is 2.28. The zero-order chi connectivity index (χ0) is 21.7. The molecule has 31 heavy (non-hydrogen) atoms. The second-order valence-corrected chi connectivity index (χ2v) is 9.17. The highest BCUT2D eigenvalue weighted by Crippen LogP contribution is 2.44. The van der Waals surface area contributed by atoms with E-state index in [2.05, 4.69) is 4.98 Å². The van der Waals surface area contributed by atoms with Crippen molar-refractivity contribution in [3.63, 3.8) is 0 Å². The minimum absolute atomic E-state index is 0.000800. The number of aromatic hydroxyl groups is 1. The summed E-state index contributed by atoms with van der Waals surface area (Å²) in [5.74, 6) is -1.71. The Morgan fingerprint density at radius 3 is 2.68 bits per heavy atom. The van der Waals surface area contributed by atoms with Gasteiger partial charge >= 0.3 is 0 Å². The van der Waals surface area contributed by atoms with E-state index >= 15 is 0 Å². The van der Waals surface area contributed by atoms with Crippen LogP contribution in [0.3, 0.4) is 0 Å². The van der Waals surface area contributed by atoms with Gasteiger partial charge in [-0.05, 0) is 53.8 Å². The molecule has 1 atom stereocenters. The van der Waals surface area contributed by atoms with Crippen LogP contribution in [0.4, 0.5) is 5.13 Å². The third-order valence-corrected chi connectivity index (χ3v) is 7.01. The molecule has 1 aliphatic rings. The molecule has 2 N–H and O–H groups in total. The first-order valence-corrected chi connectivity index (χ1v) is 11.1. The number of hydrogen-bond acceptors (Lipinski definition) is 7. The lowest BCUT2D eigenvalue weighted by molar-refractivity contribution is -0.117. The summed E-state index contributed by atoms with van der Waals surface area (Å²) in [6.07, 6.45) is 0. The molecule has 2 aromatic carbocycles. The van der Waals surface area contributed by atoms with Crippen LogP contribution in [0.25, 0.3) is 10.2 Å². The molecule has 0 saturated carbocycles. The number of thiazole rings is 1. The Bertz CT molecular complexity index is 1370. The highest BCUT2D eigenvalue weighted by Gasteiger charge is 2.46. The molecule has 0 spiro atoms. The maximum absolute atomic E-state index is 13.3. The zero-order valence-corrected chi connectivity index (χ0v) is 17.9. The van der Waals surface area contributed by atoms with E-state index in [0.29, 0.717) is 15.6 Å². The van der Waals surface area contributed by atoms with Gasteiger partial charge in [-0.3, -0.25) is 14.5 Å². The summed E-state index contributed by atoms with van der Waals surface area (Å²) < 4.78 is 0.898. The fourth-order valence-electron chi connectivity index (χ4n) is 3.71. The van der Waals surface area contributed by atoms with E-state index in [1.54, 1.807) is 29.6 Å². The van der Waals surface area contributed by atoms with Crippen LogP contribution >= 0.6 is 22.7 Å². The van der Waals surface area contributed by atoms with E-state index in [-0.39, 0.29) is 11.3 Å². The summed E-state index contributed by atoms with van der Waals surface area (Å²) in [7, 11) is 0. The van der Waals surface area contributed by atoms with Crippen LogP contribution in [0.15, 0.2) is 71.3 Å². The summed E-state index contributed by atoms with van der Waals surface area (Å²) in [6.45, 7) is 1.97. The number of benzene rings is 2. The maximum Gasteiger partial charge on any atom is 0.296 e. The van der Waals surface area contributed by atoms with Gasteiger partial charge in [0.25, 0.3) is 5.91 Å². The molecule has 0 bridgehead atoms. The number of carbonyl (C=O) groups excluding carboxylic acids is 2. The predicted molar refractivity (Wildman–Crippen MR) is 121 cm³/mol. The smallest absolute Gasteiger partial charge is 0.296 e. The molecule has 4 aromatic rings. The molecule has 1 amide bonds. The van der Waals surface area contributed by atoms with Crippen molar-refractivity contribution in [1.82, 2.24) is 4.98 Å². The van der Waals surface area contributed by atoms with Crippen LogP contribution in [0.5, 0.6) is 5.75 Å². The number of phenolic OH excluding ortho intramolecular Hbond substituents is 1. The highest BCUT2D eigenvalue weighted by molar-refractivity contribution is 7.22. The molecule has 1 unspecified atom stereocenters. The Kier molecular flexibility index (Phi) is 4.60. The SMILES string of the molecule is Cc1ccc2nc(N3C(=O)C(O)=C(C(=O)c4cccs4)C3c3cccc(O)c3)sc2c1. The standard InChI is InChI=1S/C23H16N2O4S2/c1-12-7-8-15-17(10-12)31-23(24-15)25-19(13-4-2-5-14(26)11-13)18(21(28)22(25)29)20(27)16-6-3-9-30-16/h2-11,19,26,28H,1H3. The van der Waals surface area contributed by atoms with E-state index in [1.807, 2.05) is 25.1 Å². The third-order valence-electron chi connectivity index (χ3n) is 5.12. The van der Waals surface area contributed by atoms with Crippen LogP contribution in [0, 0.1) is 6.92 Å². The fraction of sp³-hybridized carbons (Fsp3) is 0.0870. The number of carbonyl (C=O) groups is 2. The van der Waals surface area contributed by atoms with Crippen LogP contribution in [0.1, 0.15) is 26.8 Å². The number of amides is 1. The van der Waals surface area contributed by atoms with Gasteiger partial charge in [0.05, 0.1) is 26.7 Å². The number of anilines is 1. The minimum atomic E-state index is -0.907. The van der Waals surface area contributed by atoms with Crippen molar-refractivity contribution >= 4 is 49.7 Å². The van der Waals surface area contributed by atoms with Crippen molar-refractivity contribution in [3.8, 4) is 5.75 Å². The number of aliphatic hydroxyl groups is 1. The van der Waals surface area contributed by atoms with Crippen LogP contribution in [0.2, 0.25) is 0 Å². The number of phenols is 1. The van der Waals surface area contributed by atoms with Gasteiger partial charge in [-0.1, -0.05) is 35.6 Å². The number of aryl methyl sites for hydroxylation is 1. The number of thiophene rings is 1. The number of aromatic nitrogens is 1. The van der Waals surface area contributed by atoms with Crippen molar-refractivity contribution in [1.29, 1.82) is 0 Å². The molecule has 154 valence electrons. The molecule has 8 heteroatoms. The van der Waals surface area contributed by atoms with Gasteiger partial charge in [-0.15, -0.1) is 11.3 Å². The van der Waals surface area contributed by atoms with Gasteiger partial charge in [-0.2, -0.15) is 0 Å². The molecule has 0 aliphatic carbocycles. The zero-order valence-electron chi connectivity index (χ0n) is 16.3. The third kappa shape index (κ3) is 3.20. The summed E-state index contributed by atoms with van der Waals surface area (Å²) >= 11 is 2.55. The second-order valence-electron chi connectivity index (χ2n) is 7.21. The van der Waals surface area contributed by atoms with Crippen molar-refractivity contribution in [2.75, 3.05) is 4.90 Å². The summed E-state index contributed by atoms with van der Waals surface area (Å²) in [4.78, 5) is 32.8. The number of nitrogens with zero attached hydrogens (tertiary/aromatic N) is 2. The van der Waals surface area contributed by atoms with Crippen LogP contribution in [-0.4, -0.2) is 26.9 Å². The predicted octanol–water partition coefficient (Wildman–Crippen LogP) is 5.15. The first kappa shape index (κ1) is 19.5. The van der Waals surface area contributed by atoms with Crippen molar-refractivity contribution < 1.29 is 19.8 Å². The average molecular weight is 449 g/mol. The lowest BCUT2D eigenvalue weighted by Gasteiger charge is -2.24. The second kappa shape index (κ2) is 7.33. The number of hydrogen-bond donors (Lipinski definition) is 2. The highest BCUT2D eigenvalue weighted by atomic mass is 32.1. The maximum atomic E-state index is 13.3. The summed E-state index contributed by atoms with van der Waals surface area (Å²) in [5, 5.41) is 22.9. The van der Waals surface area contributed by atoms with Crippen molar-refractivity contribution in [2.45, 2.75) is 13.0 Å². The Balaban J connectivity index is 1.70. The fourth-order valence-corrected chi connectivity index (χ4v) is 5.48. The van der Waals surface area contributed by atoms with E-state index in [0.717, 1.165) is 15.8 Å². The normalized spacial score (nSPS) is 16.5. The topological polar surface area (TPSA) is 90.7 Å².